The first-order chi connectivity index (χ1) is 11.1. The average Bonchev–Trinajstić information content (AvgIpc) is 2.44. The molecular formula is C14H13Cl3F3NO3. The maximum Gasteiger partial charge on any atom is 0.426 e. The van der Waals surface area contributed by atoms with E-state index < -0.39 is 30.4 Å². The molecule has 1 saturated heterocycles. The van der Waals surface area contributed by atoms with Crippen LogP contribution >= 0.6 is 34.8 Å². The smallest absolute Gasteiger partial charge is 0.426 e. The molecule has 1 fully saturated rings. The summed E-state index contributed by atoms with van der Waals surface area (Å²) in [6, 6.07) is 4.83. The van der Waals surface area contributed by atoms with Gasteiger partial charge in [-0.25, -0.2) is 4.79 Å². The zero-order valence-electron chi connectivity index (χ0n) is 12.2. The molecule has 1 aliphatic heterocycles. The number of morpholine rings is 1. The Morgan fingerprint density at radius 2 is 1.96 bits per heavy atom. The van der Waals surface area contributed by atoms with E-state index in [1.165, 1.54) is 4.90 Å². The fraction of sp³-hybridized carbons (Fsp3) is 0.500. The third-order valence-electron chi connectivity index (χ3n) is 3.43. The Labute approximate surface area is 151 Å². The molecule has 0 spiro atoms. The number of hydrogen-bond acceptors (Lipinski definition) is 4. The van der Waals surface area contributed by atoms with Crippen LogP contribution in [-0.2, 0) is 9.47 Å². The van der Waals surface area contributed by atoms with Gasteiger partial charge in [0.2, 0.25) is 6.10 Å². The van der Waals surface area contributed by atoms with Gasteiger partial charge in [-0.2, -0.15) is 13.2 Å². The number of carbonyl (C=O) groups is 1. The predicted octanol–water partition coefficient (Wildman–Crippen LogP) is 4.67. The van der Waals surface area contributed by atoms with Gasteiger partial charge in [0.1, 0.15) is 0 Å². The number of nitrogens with zero attached hydrogens (tertiary/aromatic N) is 1. The lowest BCUT2D eigenvalue weighted by molar-refractivity contribution is -0.208. The summed E-state index contributed by atoms with van der Waals surface area (Å²) in [7, 11) is 0. The molecule has 10 heteroatoms. The minimum absolute atomic E-state index is 0.170. The van der Waals surface area contributed by atoms with Gasteiger partial charge in [0.05, 0.1) is 12.7 Å². The molecule has 24 heavy (non-hydrogen) atoms. The number of carbonyl (C=O) groups excluding carboxylic acids is 1. The highest BCUT2D eigenvalue weighted by molar-refractivity contribution is 6.61. The third kappa shape index (κ3) is 5.67. The molecule has 134 valence electrons. The average molecular weight is 407 g/mol. The molecule has 0 aromatic heterocycles. The van der Waals surface area contributed by atoms with Crippen LogP contribution in [0, 0.1) is 0 Å². The number of ether oxygens (including phenoxy) is 2. The fourth-order valence-electron chi connectivity index (χ4n) is 2.39. The number of halogens is 6. The second-order valence-electron chi connectivity index (χ2n) is 5.21. The van der Waals surface area contributed by atoms with E-state index in [9.17, 15) is 18.0 Å². The Balaban J connectivity index is 2.07. The highest BCUT2D eigenvalue weighted by Crippen LogP contribution is 2.30. The second kappa shape index (κ2) is 8.10. The van der Waals surface area contributed by atoms with E-state index in [0.29, 0.717) is 15.6 Å². The Bertz CT molecular complexity index is 580. The summed E-state index contributed by atoms with van der Waals surface area (Å²) in [5.74, 6) is 0. The van der Waals surface area contributed by atoms with Crippen LogP contribution < -0.4 is 0 Å². The van der Waals surface area contributed by atoms with Gasteiger partial charge in [-0.15, -0.1) is 0 Å². The number of hydrogen-bond donors (Lipinski definition) is 0. The summed E-state index contributed by atoms with van der Waals surface area (Å²) in [6.07, 6.45) is -7.50. The highest BCUT2D eigenvalue weighted by atomic mass is 35.5. The van der Waals surface area contributed by atoms with Crippen LogP contribution in [0.1, 0.15) is 11.7 Å². The van der Waals surface area contributed by atoms with Crippen molar-refractivity contribution in [2.45, 2.75) is 18.4 Å². The lowest BCUT2D eigenvalue weighted by Gasteiger charge is -2.35. The molecule has 1 aromatic carbocycles. The first-order valence-electron chi connectivity index (χ1n) is 6.88. The van der Waals surface area contributed by atoms with E-state index in [4.69, 9.17) is 39.5 Å². The Hall–Kier alpha value is -0.730. The van der Waals surface area contributed by atoms with Gasteiger partial charge in [0.15, 0.2) is 0 Å². The lowest BCUT2D eigenvalue weighted by Crippen LogP contribution is -2.47. The molecule has 1 aliphatic rings. The summed E-state index contributed by atoms with van der Waals surface area (Å²) in [6.45, 7) is 0.116. The van der Waals surface area contributed by atoms with E-state index in [-0.39, 0.29) is 19.7 Å². The molecule has 2 atom stereocenters. The van der Waals surface area contributed by atoms with Gasteiger partial charge in [-0.1, -0.05) is 23.2 Å². The quantitative estimate of drug-likeness (QED) is 0.681. The summed E-state index contributed by atoms with van der Waals surface area (Å²) in [5.41, 5.74) is -0.834. The Morgan fingerprint density at radius 1 is 1.33 bits per heavy atom. The minimum atomic E-state index is -4.71. The van der Waals surface area contributed by atoms with Crippen molar-refractivity contribution in [3.63, 3.8) is 0 Å². The van der Waals surface area contributed by atoms with Gasteiger partial charge in [0.25, 0.3) is 0 Å². The third-order valence-corrected chi connectivity index (χ3v) is 3.96. The van der Waals surface area contributed by atoms with Gasteiger partial charge in [-0.3, -0.25) is 4.90 Å². The zero-order valence-corrected chi connectivity index (χ0v) is 14.4. The number of rotatable bonds is 4. The largest absolute Gasteiger partial charge is 0.439 e. The van der Waals surface area contributed by atoms with E-state index >= 15 is 0 Å². The maximum atomic E-state index is 12.9. The van der Waals surface area contributed by atoms with Gasteiger partial charge >= 0.3 is 11.6 Å². The highest BCUT2D eigenvalue weighted by Gasteiger charge is 2.44. The van der Waals surface area contributed by atoms with E-state index in [2.05, 4.69) is 4.74 Å². The minimum Gasteiger partial charge on any atom is -0.439 e. The van der Waals surface area contributed by atoms with Crippen molar-refractivity contribution in [1.82, 2.24) is 4.90 Å². The van der Waals surface area contributed by atoms with E-state index in [1.807, 2.05) is 0 Å². The molecule has 0 bridgehead atoms. The molecule has 0 saturated carbocycles. The summed E-state index contributed by atoms with van der Waals surface area (Å²) >= 11 is 16.8. The van der Waals surface area contributed by atoms with Crippen molar-refractivity contribution in [3.8, 4) is 0 Å². The molecule has 0 N–H and O–H groups in total. The van der Waals surface area contributed by atoms with Gasteiger partial charge < -0.3 is 9.47 Å². The van der Waals surface area contributed by atoms with Crippen molar-refractivity contribution < 1.29 is 27.4 Å². The van der Waals surface area contributed by atoms with Crippen molar-refractivity contribution in [3.05, 3.63) is 33.8 Å². The first kappa shape index (κ1) is 19.6. The predicted molar refractivity (Wildman–Crippen MR) is 83.8 cm³/mol. The summed E-state index contributed by atoms with van der Waals surface area (Å²) in [4.78, 5) is 12.2. The molecule has 2 unspecified atom stereocenters. The fourth-order valence-corrected chi connectivity index (χ4v) is 3.04. The standard InChI is InChI=1S/C14H13Cl3F3NO3/c15-9-3-8(4-10(16)5-9)11-6-21(1-2-23-11)7-12(14(18,19)20)24-13(17)22/h3-5,11-12H,1-2,6-7H2. The van der Waals surface area contributed by atoms with Crippen LogP contribution in [-0.4, -0.2) is 48.8 Å². The van der Waals surface area contributed by atoms with Crippen LogP contribution in [0.25, 0.3) is 0 Å². The normalized spacial score (nSPS) is 20.7. The summed E-state index contributed by atoms with van der Waals surface area (Å²) < 4.78 is 48.5. The molecule has 0 amide bonds. The monoisotopic (exact) mass is 405 g/mol. The molecule has 1 heterocycles. The molecular weight excluding hydrogens is 394 g/mol. The van der Waals surface area contributed by atoms with Gasteiger partial charge in [-0.05, 0) is 23.8 Å². The van der Waals surface area contributed by atoms with Crippen molar-refractivity contribution in [2.24, 2.45) is 0 Å². The number of alkyl halides is 3. The zero-order chi connectivity index (χ0) is 17.9. The summed E-state index contributed by atoms with van der Waals surface area (Å²) in [5, 5.41) is 0.810. The lowest BCUT2D eigenvalue weighted by atomic mass is 10.1. The Morgan fingerprint density at radius 3 is 2.50 bits per heavy atom. The van der Waals surface area contributed by atoms with E-state index in [0.717, 1.165) is 0 Å². The van der Waals surface area contributed by atoms with Crippen LogP contribution in [0.15, 0.2) is 18.2 Å². The first-order valence-corrected chi connectivity index (χ1v) is 8.01. The van der Waals surface area contributed by atoms with Crippen molar-refractivity contribution in [1.29, 1.82) is 0 Å². The van der Waals surface area contributed by atoms with Crippen molar-refractivity contribution in [2.75, 3.05) is 26.2 Å². The molecule has 4 nitrogen and oxygen atoms in total. The molecule has 0 radical (unpaired) electrons. The van der Waals surface area contributed by atoms with Crippen LogP contribution in [0.5, 0.6) is 0 Å². The van der Waals surface area contributed by atoms with Crippen molar-refractivity contribution >= 4 is 40.2 Å². The van der Waals surface area contributed by atoms with E-state index in [1.54, 1.807) is 18.2 Å². The van der Waals surface area contributed by atoms with Crippen LogP contribution in [0.3, 0.4) is 0 Å². The maximum absolute atomic E-state index is 12.9. The van der Waals surface area contributed by atoms with Crippen LogP contribution in [0.2, 0.25) is 10.0 Å². The second-order valence-corrected chi connectivity index (χ2v) is 6.39. The topological polar surface area (TPSA) is 38.8 Å². The SMILES string of the molecule is O=C(Cl)OC(CN1CCOC(c2cc(Cl)cc(Cl)c2)C1)C(F)(F)F. The number of benzene rings is 1. The van der Waals surface area contributed by atoms with Gasteiger partial charge in [0, 0.05) is 41.3 Å². The molecule has 2 rings (SSSR count). The Kier molecular flexibility index (Phi) is 6.61. The van der Waals surface area contributed by atoms with Crippen LogP contribution in [0.4, 0.5) is 18.0 Å². The molecule has 0 aliphatic carbocycles. The molecule has 1 aromatic rings.